The van der Waals surface area contributed by atoms with Gasteiger partial charge in [0, 0.05) is 30.5 Å². The average molecular weight is 449 g/mol. The number of carbonyl (C=O) groups excluding carboxylic acids is 1. The van der Waals surface area contributed by atoms with Crippen molar-refractivity contribution >= 4 is 17.4 Å². The molecule has 0 radical (unpaired) electrons. The zero-order valence-corrected chi connectivity index (χ0v) is 18.3. The number of nitrogens with zero attached hydrogens (tertiary/aromatic N) is 4. The lowest BCUT2D eigenvalue weighted by atomic mass is 9.75. The van der Waals surface area contributed by atoms with Gasteiger partial charge in [0.15, 0.2) is 17.2 Å². The minimum absolute atomic E-state index is 0.0370. The summed E-state index contributed by atoms with van der Waals surface area (Å²) in [5.74, 6) is 1.48. The molecule has 1 aromatic carbocycles. The van der Waals surface area contributed by atoms with Crippen molar-refractivity contribution in [1.82, 2.24) is 19.9 Å². The van der Waals surface area contributed by atoms with Gasteiger partial charge in [-0.1, -0.05) is 0 Å². The van der Waals surface area contributed by atoms with Gasteiger partial charge in [-0.3, -0.25) is 4.79 Å². The summed E-state index contributed by atoms with van der Waals surface area (Å²) in [6.45, 7) is 2.46. The summed E-state index contributed by atoms with van der Waals surface area (Å²) < 4.78 is 28.5. The van der Waals surface area contributed by atoms with Crippen LogP contribution in [0.5, 0.6) is 11.5 Å². The van der Waals surface area contributed by atoms with Crippen molar-refractivity contribution in [2.45, 2.75) is 69.4 Å². The highest BCUT2D eigenvalue weighted by molar-refractivity contribution is 6.00. The Hall–Kier alpha value is -3.36. The van der Waals surface area contributed by atoms with Crippen LogP contribution in [0.3, 0.4) is 0 Å². The maximum absolute atomic E-state index is 14.3. The number of carbonyl (C=O) groups is 1. The van der Waals surface area contributed by atoms with Gasteiger partial charge in [-0.15, -0.1) is 0 Å². The predicted molar refractivity (Wildman–Crippen MR) is 117 cm³/mol. The first-order chi connectivity index (χ1) is 16.0. The van der Waals surface area contributed by atoms with Gasteiger partial charge in [-0.2, -0.15) is 5.10 Å². The molecule has 2 saturated carbocycles. The maximum Gasteiger partial charge on any atom is 0.257 e. The second kappa shape index (κ2) is 6.59. The Bertz CT molecular complexity index is 1300. The van der Waals surface area contributed by atoms with Crippen molar-refractivity contribution < 1.29 is 18.7 Å². The number of hydrogen-bond acceptors (Lipinski definition) is 6. The number of ether oxygens (including phenoxy) is 2. The van der Waals surface area contributed by atoms with Crippen LogP contribution in [0.2, 0.25) is 0 Å². The Morgan fingerprint density at radius 2 is 2.09 bits per heavy atom. The van der Waals surface area contributed by atoms with E-state index >= 15 is 0 Å². The molecule has 3 aliphatic heterocycles. The summed E-state index contributed by atoms with van der Waals surface area (Å²) in [6, 6.07) is 4.84. The Morgan fingerprint density at radius 3 is 2.97 bits per heavy atom. The van der Waals surface area contributed by atoms with Crippen LogP contribution in [-0.4, -0.2) is 44.3 Å². The van der Waals surface area contributed by atoms with E-state index in [1.807, 2.05) is 6.92 Å². The van der Waals surface area contributed by atoms with Gasteiger partial charge in [0.2, 0.25) is 0 Å². The van der Waals surface area contributed by atoms with Gasteiger partial charge in [0.05, 0.1) is 18.4 Å². The molecule has 2 aliphatic carbocycles. The summed E-state index contributed by atoms with van der Waals surface area (Å²) >= 11 is 0. The van der Waals surface area contributed by atoms with E-state index in [9.17, 15) is 9.18 Å². The fourth-order valence-electron chi connectivity index (χ4n) is 5.87. The highest BCUT2D eigenvalue weighted by atomic mass is 19.1. The number of benzene rings is 1. The minimum Gasteiger partial charge on any atom is -0.490 e. The fraction of sp³-hybridized carbons (Fsp3) is 0.458. The quantitative estimate of drug-likeness (QED) is 0.568. The molecule has 8 nitrogen and oxygen atoms in total. The van der Waals surface area contributed by atoms with Crippen molar-refractivity contribution in [3.63, 3.8) is 0 Å². The van der Waals surface area contributed by atoms with Crippen molar-refractivity contribution in [3.8, 4) is 11.5 Å². The Kier molecular flexibility index (Phi) is 3.82. The molecule has 2 aromatic heterocycles. The van der Waals surface area contributed by atoms with Crippen LogP contribution in [-0.2, 0) is 6.54 Å². The minimum atomic E-state index is -0.374. The molecular formula is C24H24FN5O3. The van der Waals surface area contributed by atoms with E-state index in [0.717, 1.165) is 24.8 Å². The largest absolute Gasteiger partial charge is 0.490 e. The number of hydrogen-bond donors (Lipinski definition) is 1. The molecule has 5 aliphatic rings. The van der Waals surface area contributed by atoms with Crippen molar-refractivity contribution in [3.05, 3.63) is 47.5 Å². The number of fused-ring (bicyclic) bond motifs is 2. The number of rotatable bonds is 0. The smallest absolute Gasteiger partial charge is 0.257 e. The second-order valence-electron chi connectivity index (χ2n) is 9.95. The zero-order valence-electron chi connectivity index (χ0n) is 18.3. The van der Waals surface area contributed by atoms with Gasteiger partial charge < -0.3 is 19.7 Å². The molecule has 0 unspecified atom stereocenters. The monoisotopic (exact) mass is 449 g/mol. The summed E-state index contributed by atoms with van der Waals surface area (Å²) in [5.41, 5.74) is 1.34. The molecule has 2 atom stereocenters. The highest BCUT2D eigenvalue weighted by Crippen LogP contribution is 2.43. The van der Waals surface area contributed by atoms with Crippen LogP contribution in [0.25, 0.3) is 5.65 Å². The summed E-state index contributed by atoms with van der Waals surface area (Å²) in [6.07, 6.45) is 7.70. The van der Waals surface area contributed by atoms with Crippen LogP contribution >= 0.6 is 0 Å². The van der Waals surface area contributed by atoms with E-state index < -0.39 is 0 Å². The number of aromatic nitrogens is 3. The Labute approximate surface area is 189 Å². The average Bonchev–Trinajstić information content (AvgIpc) is 3.39. The lowest BCUT2D eigenvalue weighted by molar-refractivity contribution is 0.0286. The van der Waals surface area contributed by atoms with Gasteiger partial charge in [0.25, 0.3) is 5.91 Å². The topological polar surface area (TPSA) is 81.0 Å². The predicted octanol–water partition coefficient (Wildman–Crippen LogP) is 3.23. The SMILES string of the molecule is CC12CC(C1)Oc1ccc(F)cc1CN1c3nc4c(cnn4cc3O[C@H]3CCC[C@H]31)C(=O)N2. The van der Waals surface area contributed by atoms with E-state index in [-0.39, 0.29) is 35.5 Å². The molecule has 4 bridgehead atoms. The third kappa shape index (κ3) is 2.91. The molecule has 0 spiro atoms. The number of halogens is 1. The third-order valence-corrected chi connectivity index (χ3v) is 7.48. The lowest BCUT2D eigenvalue weighted by Crippen LogP contribution is -2.58. The van der Waals surface area contributed by atoms with E-state index in [1.54, 1.807) is 29.0 Å². The Balaban J connectivity index is 1.43. The molecule has 3 aromatic rings. The molecule has 8 rings (SSSR count). The molecule has 33 heavy (non-hydrogen) atoms. The van der Waals surface area contributed by atoms with Crippen LogP contribution < -0.4 is 19.7 Å². The van der Waals surface area contributed by atoms with Crippen LogP contribution in [0.15, 0.2) is 30.6 Å². The molecule has 170 valence electrons. The van der Waals surface area contributed by atoms with Crippen molar-refractivity contribution in [1.29, 1.82) is 0 Å². The van der Waals surface area contributed by atoms with Crippen LogP contribution in [0.4, 0.5) is 10.2 Å². The van der Waals surface area contributed by atoms with Crippen LogP contribution in [0.1, 0.15) is 54.9 Å². The standard InChI is InChI=1S/C24H24FN5O3/c1-24-8-15(9-24)32-18-6-5-14(25)7-13(18)11-29-17-3-2-4-19(17)33-20-12-30-21(27-22(20)29)16(10-26-30)23(31)28-24/h5-7,10,12,15,17,19H,2-4,8-9,11H2,1H3,(H,28,31)/t15?,17-,19+,24?/m1/s1. The van der Waals surface area contributed by atoms with Gasteiger partial charge in [-0.05, 0) is 44.4 Å². The van der Waals surface area contributed by atoms with E-state index in [4.69, 9.17) is 14.5 Å². The third-order valence-electron chi connectivity index (χ3n) is 7.48. The molecule has 0 saturated heterocycles. The van der Waals surface area contributed by atoms with E-state index in [1.165, 1.54) is 6.07 Å². The lowest BCUT2D eigenvalue weighted by Gasteiger charge is -2.45. The summed E-state index contributed by atoms with van der Waals surface area (Å²) in [7, 11) is 0. The first-order valence-electron chi connectivity index (χ1n) is 11.6. The molecule has 9 heteroatoms. The summed E-state index contributed by atoms with van der Waals surface area (Å²) in [4.78, 5) is 20.2. The molecule has 1 amide bonds. The van der Waals surface area contributed by atoms with Gasteiger partial charge in [-0.25, -0.2) is 13.9 Å². The first kappa shape index (κ1) is 19.1. The second-order valence-corrected chi connectivity index (χ2v) is 9.95. The zero-order chi connectivity index (χ0) is 22.3. The van der Waals surface area contributed by atoms with E-state index in [2.05, 4.69) is 15.3 Å². The Morgan fingerprint density at radius 1 is 1.21 bits per heavy atom. The van der Waals surface area contributed by atoms with Crippen molar-refractivity contribution in [2.75, 3.05) is 4.90 Å². The number of nitrogens with one attached hydrogen (secondary N) is 1. The van der Waals surface area contributed by atoms with Crippen molar-refractivity contribution in [2.24, 2.45) is 0 Å². The fourth-order valence-corrected chi connectivity index (χ4v) is 5.87. The molecule has 2 fully saturated rings. The molecular weight excluding hydrogens is 425 g/mol. The van der Waals surface area contributed by atoms with Gasteiger partial charge >= 0.3 is 0 Å². The normalized spacial score (nSPS) is 29.9. The number of anilines is 1. The van der Waals surface area contributed by atoms with Gasteiger partial charge in [0.1, 0.15) is 29.3 Å². The first-order valence-corrected chi connectivity index (χ1v) is 11.6. The van der Waals surface area contributed by atoms with E-state index in [0.29, 0.717) is 47.9 Å². The van der Waals surface area contributed by atoms with Crippen LogP contribution in [0, 0.1) is 5.82 Å². The molecule has 1 N–H and O–H groups in total. The number of amides is 1. The highest BCUT2D eigenvalue weighted by Gasteiger charge is 2.45. The summed E-state index contributed by atoms with van der Waals surface area (Å²) in [5, 5.41) is 7.51. The maximum atomic E-state index is 14.3. The molecule has 5 heterocycles.